The predicted octanol–water partition coefficient (Wildman–Crippen LogP) is 17.6. The van der Waals surface area contributed by atoms with Gasteiger partial charge in [0, 0.05) is 48.9 Å². The summed E-state index contributed by atoms with van der Waals surface area (Å²) in [7, 11) is -2.09. The van der Waals surface area contributed by atoms with Crippen molar-refractivity contribution in [2.45, 2.75) is 158 Å². The molecule has 0 aliphatic carbocycles. The molecule has 2 heterocycles. The van der Waals surface area contributed by atoms with Crippen molar-refractivity contribution in [3.05, 3.63) is 117 Å². The molecule has 330 valence electrons. The van der Waals surface area contributed by atoms with Gasteiger partial charge in [-0.15, -0.1) is 0 Å². The summed E-state index contributed by atoms with van der Waals surface area (Å²) < 4.78 is 12.4. The minimum atomic E-state index is -1.10. The van der Waals surface area contributed by atoms with Crippen LogP contribution >= 0.6 is 39.2 Å². The first-order chi connectivity index (χ1) is 28.9. The SMILES string of the molecule is CC(C)c1cccc(C(C)C)c1N1CCN(c2c(C(C)C)cccc2C(C)C)P1SC(=S)P1N(c2c(C(C)C)cccc2C(C)C)CCN1c1c(C(C)C)cccc1C(C)C. The van der Waals surface area contributed by atoms with Crippen molar-refractivity contribution < 1.29 is 0 Å². The summed E-state index contributed by atoms with van der Waals surface area (Å²) in [6, 6.07) is 28.3. The third-order valence-corrected chi connectivity index (χ3v) is 21.2. The van der Waals surface area contributed by atoms with Crippen molar-refractivity contribution in [1.82, 2.24) is 0 Å². The van der Waals surface area contributed by atoms with Gasteiger partial charge in [-0.1, -0.05) is 196 Å². The second kappa shape index (κ2) is 20.0. The lowest BCUT2D eigenvalue weighted by molar-refractivity contribution is 0.821. The molecule has 2 aliphatic heterocycles. The molecule has 2 fully saturated rings. The molecule has 0 radical (unpaired) electrons. The summed E-state index contributed by atoms with van der Waals surface area (Å²) in [5.74, 6) is 3.18. The molecule has 0 amide bonds. The van der Waals surface area contributed by atoms with Crippen LogP contribution in [0.4, 0.5) is 22.7 Å². The van der Waals surface area contributed by atoms with Crippen LogP contribution in [0.3, 0.4) is 0 Å². The number of benzene rings is 4. The van der Waals surface area contributed by atoms with E-state index >= 15 is 0 Å². The van der Waals surface area contributed by atoms with Crippen LogP contribution in [0.25, 0.3) is 0 Å². The first-order valence-electron chi connectivity index (χ1n) is 23.3. The Hall–Kier alpha value is -2.62. The van der Waals surface area contributed by atoms with Crippen LogP contribution in [0.2, 0.25) is 0 Å². The maximum absolute atomic E-state index is 7.16. The van der Waals surface area contributed by atoms with Crippen molar-refractivity contribution in [3.8, 4) is 0 Å². The molecule has 0 spiro atoms. The average Bonchev–Trinajstić information content (AvgIpc) is 3.83. The summed E-state index contributed by atoms with van der Waals surface area (Å²) in [5, 5.41) is 0. The maximum Gasteiger partial charge on any atom is 0.166 e. The Morgan fingerprint density at radius 1 is 0.377 bits per heavy atom. The van der Waals surface area contributed by atoms with Gasteiger partial charge >= 0.3 is 0 Å². The van der Waals surface area contributed by atoms with Gasteiger partial charge < -0.3 is 18.7 Å². The molecular weight excluding hydrogens is 819 g/mol. The molecule has 0 unspecified atom stereocenters. The van der Waals surface area contributed by atoms with Gasteiger partial charge in [-0.3, -0.25) is 0 Å². The number of anilines is 4. The van der Waals surface area contributed by atoms with E-state index < -0.39 is 15.6 Å². The minimum absolute atomic E-state index is 0.393. The van der Waals surface area contributed by atoms with Crippen LogP contribution in [0.15, 0.2) is 72.8 Å². The van der Waals surface area contributed by atoms with E-state index in [4.69, 9.17) is 12.2 Å². The Labute approximate surface area is 384 Å². The lowest BCUT2D eigenvalue weighted by Gasteiger charge is -2.40. The second-order valence-electron chi connectivity index (χ2n) is 19.8. The normalized spacial score (nSPS) is 15.7. The molecule has 2 saturated heterocycles. The lowest BCUT2D eigenvalue weighted by atomic mass is 9.92. The van der Waals surface area contributed by atoms with Crippen LogP contribution in [0, 0.1) is 0 Å². The largest absolute Gasteiger partial charge is 0.327 e. The smallest absolute Gasteiger partial charge is 0.166 e. The second-order valence-corrected chi connectivity index (χ2v) is 26.6. The Morgan fingerprint density at radius 3 is 0.787 bits per heavy atom. The van der Waals surface area contributed by atoms with Gasteiger partial charge in [0.15, 0.2) is 7.42 Å². The molecule has 8 heteroatoms. The maximum atomic E-state index is 7.16. The van der Waals surface area contributed by atoms with Gasteiger partial charge in [-0.25, -0.2) is 0 Å². The molecule has 0 aromatic heterocycles. The summed E-state index contributed by atoms with van der Waals surface area (Å²) in [6.07, 6.45) is 0. The van der Waals surface area contributed by atoms with Gasteiger partial charge in [0.2, 0.25) is 0 Å². The van der Waals surface area contributed by atoms with Crippen LogP contribution in [0.1, 0.15) is 203 Å². The van der Waals surface area contributed by atoms with Gasteiger partial charge in [0.1, 0.15) is 12.2 Å². The average molecular weight is 895 g/mol. The van der Waals surface area contributed by atoms with E-state index in [9.17, 15) is 0 Å². The molecule has 4 aromatic rings. The molecule has 4 nitrogen and oxygen atoms in total. The Morgan fingerprint density at radius 2 is 0.574 bits per heavy atom. The van der Waals surface area contributed by atoms with Crippen LogP contribution in [-0.2, 0) is 0 Å². The topological polar surface area (TPSA) is 13.0 Å². The summed E-state index contributed by atoms with van der Waals surface area (Å²) in [5.41, 5.74) is 17.3. The van der Waals surface area contributed by atoms with Crippen molar-refractivity contribution in [3.63, 3.8) is 0 Å². The van der Waals surface area contributed by atoms with E-state index in [0.29, 0.717) is 47.3 Å². The Balaban J connectivity index is 1.62. The molecule has 4 aromatic carbocycles. The fraction of sp³-hybridized carbons (Fsp3) is 0.528. The van der Waals surface area contributed by atoms with E-state index in [2.05, 4.69) is 202 Å². The van der Waals surface area contributed by atoms with E-state index in [0.717, 1.165) is 30.1 Å². The zero-order valence-corrected chi connectivity index (χ0v) is 43.8. The van der Waals surface area contributed by atoms with Gasteiger partial charge in [-0.05, 0) is 103 Å². The first-order valence-corrected chi connectivity index (χ1v) is 27.6. The summed E-state index contributed by atoms with van der Waals surface area (Å²) in [6.45, 7) is 41.8. The van der Waals surface area contributed by atoms with E-state index in [1.807, 2.05) is 11.4 Å². The van der Waals surface area contributed by atoms with Gasteiger partial charge in [0.25, 0.3) is 0 Å². The van der Waals surface area contributed by atoms with Crippen LogP contribution in [-0.4, -0.2) is 30.1 Å². The molecule has 0 bridgehead atoms. The van der Waals surface area contributed by atoms with Crippen molar-refractivity contribution in [1.29, 1.82) is 0 Å². The summed E-state index contributed by atoms with van der Waals surface area (Å²) in [4.78, 5) is 0. The molecule has 61 heavy (non-hydrogen) atoms. The molecule has 2 aliphatic rings. The zero-order chi connectivity index (χ0) is 44.6. The number of nitrogens with zero attached hydrogens (tertiary/aromatic N) is 4. The highest BCUT2D eigenvalue weighted by Gasteiger charge is 2.45. The molecular formula is C53H76N4P2S2. The van der Waals surface area contributed by atoms with E-state index in [1.54, 1.807) is 0 Å². The third kappa shape index (κ3) is 9.60. The molecule has 0 N–H and O–H groups in total. The first kappa shape index (κ1) is 47.8. The summed E-state index contributed by atoms with van der Waals surface area (Å²) >= 11 is 9.19. The highest BCUT2D eigenvalue weighted by Crippen LogP contribution is 2.71. The quantitative estimate of drug-likeness (QED) is 0.0917. The monoisotopic (exact) mass is 894 g/mol. The van der Waals surface area contributed by atoms with E-state index in [1.165, 1.54) is 67.3 Å². The lowest BCUT2D eigenvalue weighted by Crippen LogP contribution is -2.24. The predicted molar refractivity (Wildman–Crippen MR) is 282 cm³/mol. The highest BCUT2D eigenvalue weighted by molar-refractivity contribution is 8.70. The van der Waals surface area contributed by atoms with Gasteiger partial charge in [-0.2, -0.15) is 0 Å². The number of para-hydroxylation sites is 4. The standard InChI is InChI=1S/C53H76N4P2S2/c1-33(2)41-21-17-22-42(34(3)4)49(41)54-29-30-55(50-43(35(5)6)23-18-24-44(50)36(7)8)58(54)53(60)61-59-56(51-45(37(9)10)25-19-26-46(51)38(11)12)31-32-57(59)52-47(39(13)14)27-20-28-48(52)40(15)16/h17-28,33-40H,29-32H2,1-16H3. The fourth-order valence-corrected chi connectivity index (χ4v) is 18.8. The third-order valence-electron chi connectivity index (χ3n) is 12.6. The van der Waals surface area contributed by atoms with Crippen molar-refractivity contribution >= 4 is 65.9 Å². The molecule has 0 saturated carbocycles. The van der Waals surface area contributed by atoms with Crippen molar-refractivity contribution in [2.75, 3.05) is 44.9 Å². The van der Waals surface area contributed by atoms with Crippen molar-refractivity contribution in [2.24, 2.45) is 0 Å². The number of rotatable bonds is 14. The Bertz CT molecular complexity index is 1910. The van der Waals surface area contributed by atoms with Crippen LogP contribution < -0.4 is 18.7 Å². The highest BCUT2D eigenvalue weighted by atomic mass is 32.7. The zero-order valence-electron chi connectivity index (χ0n) is 40.4. The fourth-order valence-electron chi connectivity index (χ4n) is 9.45. The number of hydrogen-bond donors (Lipinski definition) is 0. The van der Waals surface area contributed by atoms with Gasteiger partial charge in [0.05, 0.1) is 0 Å². The van der Waals surface area contributed by atoms with Crippen LogP contribution in [0.5, 0.6) is 0 Å². The number of thiocarbonyl (C=S) groups is 1. The van der Waals surface area contributed by atoms with E-state index in [-0.39, 0.29) is 0 Å². The molecule has 0 atom stereocenters. The Kier molecular flexibility index (Phi) is 15.7. The number of hydrogen-bond acceptors (Lipinski definition) is 6. The molecule has 6 rings (SSSR count). The minimum Gasteiger partial charge on any atom is -0.327 e.